The Bertz CT molecular complexity index is 949. The van der Waals surface area contributed by atoms with Gasteiger partial charge >= 0.3 is 0 Å². The van der Waals surface area contributed by atoms with Crippen LogP contribution in [0.3, 0.4) is 0 Å². The molecular formula is C18H22BrN3O3S. The maximum atomic E-state index is 12.9. The summed E-state index contributed by atoms with van der Waals surface area (Å²) in [4.78, 5) is 14.9. The first-order valence-electron chi connectivity index (χ1n) is 8.56. The SMILES string of the molecule is CCN(CC)S(=O)(=O)c1ccc2c(c1)CCN2C(=O)c1cc(Br)cn1C. The van der Waals surface area contributed by atoms with Crippen LogP contribution in [-0.2, 0) is 23.5 Å². The van der Waals surface area contributed by atoms with E-state index < -0.39 is 10.0 Å². The summed E-state index contributed by atoms with van der Waals surface area (Å²) < 4.78 is 29.5. The summed E-state index contributed by atoms with van der Waals surface area (Å²) in [7, 11) is -1.67. The van der Waals surface area contributed by atoms with Crippen molar-refractivity contribution in [3.05, 3.63) is 46.2 Å². The molecule has 140 valence electrons. The van der Waals surface area contributed by atoms with Crippen molar-refractivity contribution in [2.24, 2.45) is 7.05 Å². The summed E-state index contributed by atoms with van der Waals surface area (Å²) >= 11 is 3.39. The number of carbonyl (C=O) groups excluding carboxylic acids is 1. The quantitative estimate of drug-likeness (QED) is 0.718. The lowest BCUT2D eigenvalue weighted by molar-refractivity contribution is 0.0981. The van der Waals surface area contributed by atoms with E-state index in [2.05, 4.69) is 15.9 Å². The lowest BCUT2D eigenvalue weighted by atomic mass is 10.2. The lowest BCUT2D eigenvalue weighted by Crippen LogP contribution is -2.31. The zero-order valence-corrected chi connectivity index (χ0v) is 17.5. The Morgan fingerprint density at radius 3 is 2.50 bits per heavy atom. The molecule has 0 N–H and O–H groups in total. The average molecular weight is 440 g/mol. The molecule has 0 spiro atoms. The van der Waals surface area contributed by atoms with Crippen LogP contribution >= 0.6 is 15.9 Å². The van der Waals surface area contributed by atoms with Crippen molar-refractivity contribution >= 4 is 37.5 Å². The molecule has 6 nitrogen and oxygen atoms in total. The Morgan fingerprint density at radius 2 is 1.92 bits per heavy atom. The third-order valence-electron chi connectivity index (χ3n) is 4.73. The van der Waals surface area contributed by atoms with Gasteiger partial charge in [-0.05, 0) is 52.2 Å². The van der Waals surface area contributed by atoms with Gasteiger partial charge in [-0.1, -0.05) is 13.8 Å². The van der Waals surface area contributed by atoms with Crippen molar-refractivity contribution in [3.8, 4) is 0 Å². The zero-order chi connectivity index (χ0) is 19.1. The first-order valence-corrected chi connectivity index (χ1v) is 10.8. The molecule has 1 aliphatic heterocycles. The van der Waals surface area contributed by atoms with Crippen molar-refractivity contribution in [3.63, 3.8) is 0 Å². The van der Waals surface area contributed by atoms with Crippen LogP contribution in [0.2, 0.25) is 0 Å². The Morgan fingerprint density at radius 1 is 1.23 bits per heavy atom. The van der Waals surface area contributed by atoms with Crippen LogP contribution in [0.15, 0.2) is 39.8 Å². The van der Waals surface area contributed by atoms with E-state index in [0.717, 1.165) is 15.7 Å². The summed E-state index contributed by atoms with van der Waals surface area (Å²) in [6, 6.07) is 6.84. The van der Waals surface area contributed by atoms with Gasteiger partial charge in [0, 0.05) is 43.0 Å². The summed E-state index contributed by atoms with van der Waals surface area (Å²) in [6.45, 7) is 5.07. The minimum Gasteiger partial charge on any atom is -0.345 e. The minimum absolute atomic E-state index is 0.0868. The fraction of sp³-hybridized carbons (Fsp3) is 0.389. The fourth-order valence-electron chi connectivity index (χ4n) is 3.34. The number of nitrogens with zero attached hydrogens (tertiary/aromatic N) is 3. The van der Waals surface area contributed by atoms with Crippen molar-refractivity contribution in [1.82, 2.24) is 8.87 Å². The van der Waals surface area contributed by atoms with Gasteiger partial charge in [0.15, 0.2) is 0 Å². The van der Waals surface area contributed by atoms with Gasteiger partial charge in [-0.3, -0.25) is 4.79 Å². The number of aromatic nitrogens is 1. The number of rotatable bonds is 5. The molecule has 0 atom stereocenters. The van der Waals surface area contributed by atoms with Crippen molar-refractivity contribution in [2.45, 2.75) is 25.2 Å². The lowest BCUT2D eigenvalue weighted by Gasteiger charge is -2.20. The smallest absolute Gasteiger partial charge is 0.274 e. The maximum absolute atomic E-state index is 12.9. The standard InChI is InChI=1S/C18H22BrN3O3S/c1-4-21(5-2)26(24,25)15-6-7-16-13(10-15)8-9-22(16)18(23)17-11-14(19)12-20(17)3/h6-7,10-12H,4-5,8-9H2,1-3H3. The normalized spacial score (nSPS) is 14.1. The van der Waals surface area contributed by atoms with E-state index in [4.69, 9.17) is 0 Å². The predicted molar refractivity (Wildman–Crippen MR) is 105 cm³/mol. The predicted octanol–water partition coefficient (Wildman–Crippen LogP) is 3.02. The molecule has 0 bridgehead atoms. The fourth-order valence-corrected chi connectivity index (χ4v) is 5.37. The summed E-state index contributed by atoms with van der Waals surface area (Å²) in [6.07, 6.45) is 2.48. The number of hydrogen-bond donors (Lipinski definition) is 0. The Kier molecular flexibility index (Phi) is 5.28. The number of halogens is 1. The molecule has 2 heterocycles. The van der Waals surface area contributed by atoms with Gasteiger partial charge in [-0.2, -0.15) is 4.31 Å². The molecule has 0 fully saturated rings. The van der Waals surface area contributed by atoms with Crippen LogP contribution < -0.4 is 4.90 Å². The second kappa shape index (κ2) is 7.17. The van der Waals surface area contributed by atoms with E-state index in [-0.39, 0.29) is 10.8 Å². The summed E-state index contributed by atoms with van der Waals surface area (Å²) in [5, 5.41) is 0. The average Bonchev–Trinajstić information content (AvgIpc) is 3.17. The molecule has 1 aromatic heterocycles. The highest BCUT2D eigenvalue weighted by Crippen LogP contribution is 2.32. The number of hydrogen-bond acceptors (Lipinski definition) is 3. The molecule has 0 saturated heterocycles. The van der Waals surface area contributed by atoms with Crippen LogP contribution in [0.1, 0.15) is 29.9 Å². The first-order chi connectivity index (χ1) is 12.3. The molecule has 1 aliphatic rings. The van der Waals surface area contributed by atoms with Crippen molar-refractivity contribution < 1.29 is 13.2 Å². The highest BCUT2D eigenvalue weighted by Gasteiger charge is 2.29. The molecule has 0 aliphatic carbocycles. The monoisotopic (exact) mass is 439 g/mol. The van der Waals surface area contributed by atoms with E-state index in [9.17, 15) is 13.2 Å². The number of fused-ring (bicyclic) bond motifs is 1. The Hall–Kier alpha value is -1.64. The van der Waals surface area contributed by atoms with Crippen LogP contribution in [-0.4, -0.2) is 42.8 Å². The molecule has 26 heavy (non-hydrogen) atoms. The van der Waals surface area contributed by atoms with Crippen molar-refractivity contribution in [2.75, 3.05) is 24.5 Å². The van der Waals surface area contributed by atoms with Gasteiger partial charge in [-0.25, -0.2) is 8.42 Å². The van der Waals surface area contributed by atoms with Gasteiger partial charge in [0.05, 0.1) is 4.90 Å². The summed E-state index contributed by atoms with van der Waals surface area (Å²) in [5.74, 6) is -0.0868. The zero-order valence-electron chi connectivity index (χ0n) is 15.1. The van der Waals surface area contributed by atoms with Crippen molar-refractivity contribution in [1.29, 1.82) is 0 Å². The number of anilines is 1. The Labute approximate surface area is 162 Å². The van der Waals surface area contributed by atoms with E-state index >= 15 is 0 Å². The molecule has 1 amide bonds. The molecule has 3 rings (SSSR count). The Balaban J connectivity index is 1.94. The molecule has 8 heteroatoms. The van der Waals surface area contributed by atoms with Crippen LogP contribution in [0.5, 0.6) is 0 Å². The van der Waals surface area contributed by atoms with E-state index in [1.165, 1.54) is 4.31 Å². The molecular weight excluding hydrogens is 418 g/mol. The number of sulfonamides is 1. The highest BCUT2D eigenvalue weighted by atomic mass is 79.9. The van der Waals surface area contributed by atoms with E-state index in [1.807, 2.05) is 27.1 Å². The molecule has 2 aromatic rings. The van der Waals surface area contributed by atoms with E-state index in [1.54, 1.807) is 33.7 Å². The third kappa shape index (κ3) is 3.21. The second-order valence-corrected chi connectivity index (χ2v) is 9.09. The highest BCUT2D eigenvalue weighted by molar-refractivity contribution is 9.10. The second-order valence-electron chi connectivity index (χ2n) is 6.24. The first kappa shape index (κ1) is 19.1. The van der Waals surface area contributed by atoms with Crippen LogP contribution in [0.25, 0.3) is 0 Å². The van der Waals surface area contributed by atoms with Gasteiger partial charge in [0.1, 0.15) is 5.69 Å². The summed E-state index contributed by atoms with van der Waals surface area (Å²) in [5.41, 5.74) is 2.26. The molecule has 1 aromatic carbocycles. The van der Waals surface area contributed by atoms with Crippen LogP contribution in [0, 0.1) is 0 Å². The minimum atomic E-state index is -3.50. The largest absolute Gasteiger partial charge is 0.345 e. The van der Waals surface area contributed by atoms with Gasteiger partial charge < -0.3 is 9.47 Å². The van der Waals surface area contributed by atoms with Gasteiger partial charge in [0.25, 0.3) is 5.91 Å². The van der Waals surface area contributed by atoms with Gasteiger partial charge in [-0.15, -0.1) is 0 Å². The number of amides is 1. The maximum Gasteiger partial charge on any atom is 0.274 e. The third-order valence-corrected chi connectivity index (χ3v) is 7.21. The molecule has 0 saturated carbocycles. The molecule has 0 unspecified atom stereocenters. The van der Waals surface area contributed by atoms with E-state index in [0.29, 0.717) is 31.7 Å². The number of benzene rings is 1. The van der Waals surface area contributed by atoms with Gasteiger partial charge in [0.2, 0.25) is 10.0 Å². The van der Waals surface area contributed by atoms with Crippen LogP contribution in [0.4, 0.5) is 5.69 Å². The number of aryl methyl sites for hydroxylation is 1. The topological polar surface area (TPSA) is 62.6 Å². The molecule has 0 radical (unpaired) electrons. The number of carbonyl (C=O) groups is 1.